The first-order valence-corrected chi connectivity index (χ1v) is 8.47. The maximum absolute atomic E-state index is 11.7. The molecule has 0 aliphatic rings. The lowest BCUT2D eigenvalue weighted by Gasteiger charge is -2.10. The molecular formula is C19H23ClN2O2. The second kappa shape index (κ2) is 9.83. The topological polar surface area (TPSA) is 50.4 Å². The van der Waals surface area contributed by atoms with Crippen LogP contribution in [0.4, 0.5) is 4.79 Å². The number of hydrogen-bond donors (Lipinski definition) is 2. The van der Waals surface area contributed by atoms with Crippen molar-refractivity contribution in [3.8, 4) is 5.75 Å². The molecule has 0 fully saturated rings. The van der Waals surface area contributed by atoms with Crippen LogP contribution in [0.25, 0.3) is 0 Å². The van der Waals surface area contributed by atoms with Gasteiger partial charge in [-0.25, -0.2) is 4.79 Å². The summed E-state index contributed by atoms with van der Waals surface area (Å²) >= 11 is 5.84. The van der Waals surface area contributed by atoms with Gasteiger partial charge in [-0.05, 0) is 49.1 Å². The molecule has 0 spiro atoms. The van der Waals surface area contributed by atoms with Crippen LogP contribution in [-0.2, 0) is 6.42 Å². The number of nitrogens with one attached hydrogen (secondary N) is 2. The fourth-order valence-corrected chi connectivity index (χ4v) is 2.33. The molecule has 0 heterocycles. The van der Waals surface area contributed by atoms with Crippen molar-refractivity contribution < 1.29 is 9.53 Å². The number of carbonyl (C=O) groups excluding carboxylic acids is 1. The van der Waals surface area contributed by atoms with Crippen molar-refractivity contribution in [1.82, 2.24) is 10.6 Å². The van der Waals surface area contributed by atoms with Crippen LogP contribution >= 0.6 is 11.6 Å². The van der Waals surface area contributed by atoms with Gasteiger partial charge < -0.3 is 15.4 Å². The van der Waals surface area contributed by atoms with E-state index < -0.39 is 0 Å². The molecule has 0 aliphatic heterocycles. The Morgan fingerprint density at radius 3 is 2.50 bits per heavy atom. The lowest BCUT2D eigenvalue weighted by Crippen LogP contribution is -2.37. The van der Waals surface area contributed by atoms with E-state index in [1.165, 1.54) is 0 Å². The predicted molar refractivity (Wildman–Crippen MR) is 97.8 cm³/mol. The zero-order valence-electron chi connectivity index (χ0n) is 13.8. The van der Waals surface area contributed by atoms with Gasteiger partial charge in [0.05, 0.1) is 6.61 Å². The van der Waals surface area contributed by atoms with Crippen molar-refractivity contribution in [1.29, 1.82) is 0 Å². The van der Waals surface area contributed by atoms with Gasteiger partial charge in [-0.3, -0.25) is 0 Å². The molecule has 0 bridgehead atoms. The Bertz CT molecular complexity index is 644. The SMILES string of the molecule is Cc1ccccc1OCCCNC(=O)NCCc1ccc(Cl)cc1. The molecular weight excluding hydrogens is 324 g/mol. The van der Waals surface area contributed by atoms with Crippen molar-refractivity contribution in [2.45, 2.75) is 19.8 Å². The van der Waals surface area contributed by atoms with Gasteiger partial charge in [-0.1, -0.05) is 41.9 Å². The van der Waals surface area contributed by atoms with Gasteiger partial charge in [-0.15, -0.1) is 0 Å². The van der Waals surface area contributed by atoms with E-state index in [1.807, 2.05) is 55.5 Å². The van der Waals surface area contributed by atoms with Gasteiger partial charge in [0.2, 0.25) is 0 Å². The van der Waals surface area contributed by atoms with E-state index in [9.17, 15) is 4.79 Å². The van der Waals surface area contributed by atoms with Crippen molar-refractivity contribution >= 4 is 17.6 Å². The zero-order chi connectivity index (χ0) is 17.2. The molecule has 2 aromatic rings. The number of hydrogen-bond acceptors (Lipinski definition) is 2. The Kier molecular flexibility index (Phi) is 7.43. The van der Waals surface area contributed by atoms with Crippen LogP contribution in [0.15, 0.2) is 48.5 Å². The Balaban J connectivity index is 1.53. The normalized spacial score (nSPS) is 10.2. The molecule has 2 aromatic carbocycles. The van der Waals surface area contributed by atoms with Crippen molar-refractivity contribution in [3.05, 3.63) is 64.7 Å². The second-order valence-corrected chi connectivity index (χ2v) is 5.96. The molecule has 2 N–H and O–H groups in total. The number of rotatable bonds is 8. The number of carbonyl (C=O) groups is 1. The average Bonchev–Trinajstić information content (AvgIpc) is 2.58. The van der Waals surface area contributed by atoms with E-state index in [4.69, 9.17) is 16.3 Å². The minimum atomic E-state index is -0.153. The standard InChI is InChI=1S/C19H23ClN2O2/c1-15-5-2-3-6-18(15)24-14-4-12-21-19(23)22-13-11-16-7-9-17(20)10-8-16/h2-3,5-10H,4,11-14H2,1H3,(H2,21,22,23). The van der Waals surface area contributed by atoms with Crippen LogP contribution in [-0.4, -0.2) is 25.7 Å². The van der Waals surface area contributed by atoms with Crippen molar-refractivity contribution in [3.63, 3.8) is 0 Å². The largest absolute Gasteiger partial charge is 0.493 e. The van der Waals surface area contributed by atoms with E-state index in [0.717, 1.165) is 34.7 Å². The Hall–Kier alpha value is -2.20. The number of urea groups is 1. The molecule has 2 amide bonds. The molecule has 0 saturated heterocycles. The van der Waals surface area contributed by atoms with Crippen molar-refractivity contribution in [2.75, 3.05) is 19.7 Å². The molecule has 0 aliphatic carbocycles. The quantitative estimate of drug-likeness (QED) is 0.711. The molecule has 0 radical (unpaired) electrons. The van der Waals surface area contributed by atoms with E-state index in [0.29, 0.717) is 19.7 Å². The fraction of sp³-hybridized carbons (Fsp3) is 0.316. The Labute approximate surface area is 148 Å². The number of para-hydroxylation sites is 1. The summed E-state index contributed by atoms with van der Waals surface area (Å²) in [5.41, 5.74) is 2.26. The molecule has 0 aromatic heterocycles. The minimum Gasteiger partial charge on any atom is -0.493 e. The first-order chi connectivity index (χ1) is 11.6. The highest BCUT2D eigenvalue weighted by atomic mass is 35.5. The summed E-state index contributed by atoms with van der Waals surface area (Å²) in [7, 11) is 0. The van der Waals surface area contributed by atoms with Gasteiger partial charge in [0.15, 0.2) is 0 Å². The third kappa shape index (κ3) is 6.50. The number of ether oxygens (including phenoxy) is 1. The summed E-state index contributed by atoms with van der Waals surface area (Å²) in [5, 5.41) is 6.39. The van der Waals surface area contributed by atoms with Crippen molar-refractivity contribution in [2.24, 2.45) is 0 Å². The third-order valence-corrected chi connectivity index (χ3v) is 3.82. The molecule has 5 heteroatoms. The molecule has 0 unspecified atom stereocenters. The Morgan fingerprint density at radius 2 is 1.75 bits per heavy atom. The summed E-state index contributed by atoms with van der Waals surface area (Å²) in [4.78, 5) is 11.7. The first-order valence-electron chi connectivity index (χ1n) is 8.10. The molecule has 128 valence electrons. The lowest BCUT2D eigenvalue weighted by atomic mass is 10.1. The number of aryl methyl sites for hydroxylation is 1. The van der Waals surface area contributed by atoms with Gasteiger partial charge in [-0.2, -0.15) is 0 Å². The second-order valence-electron chi connectivity index (χ2n) is 5.53. The Morgan fingerprint density at radius 1 is 1.04 bits per heavy atom. The van der Waals surface area contributed by atoms with Crippen LogP contribution in [0.5, 0.6) is 5.75 Å². The first kappa shape index (κ1) is 18.1. The predicted octanol–water partition coefficient (Wildman–Crippen LogP) is 3.96. The van der Waals surface area contributed by atoms with E-state index >= 15 is 0 Å². The van der Waals surface area contributed by atoms with Crippen LogP contribution in [0.1, 0.15) is 17.5 Å². The summed E-state index contributed by atoms with van der Waals surface area (Å²) in [6.07, 6.45) is 1.54. The molecule has 24 heavy (non-hydrogen) atoms. The average molecular weight is 347 g/mol. The van der Waals surface area contributed by atoms with Gasteiger partial charge in [0.25, 0.3) is 0 Å². The van der Waals surface area contributed by atoms with E-state index in [-0.39, 0.29) is 6.03 Å². The summed E-state index contributed by atoms with van der Waals surface area (Å²) < 4.78 is 5.68. The molecule has 0 atom stereocenters. The summed E-state index contributed by atoms with van der Waals surface area (Å²) in [5.74, 6) is 0.893. The summed E-state index contributed by atoms with van der Waals surface area (Å²) in [6.45, 7) is 3.77. The molecule has 2 rings (SSSR count). The van der Waals surface area contributed by atoms with Gasteiger partial charge >= 0.3 is 6.03 Å². The van der Waals surface area contributed by atoms with E-state index in [1.54, 1.807) is 0 Å². The van der Waals surface area contributed by atoms with E-state index in [2.05, 4.69) is 10.6 Å². The van der Waals surface area contributed by atoms with Crippen LogP contribution in [0, 0.1) is 6.92 Å². The highest BCUT2D eigenvalue weighted by Gasteiger charge is 2.01. The van der Waals surface area contributed by atoms with Crippen LogP contribution in [0.2, 0.25) is 5.02 Å². The zero-order valence-corrected chi connectivity index (χ0v) is 14.6. The number of benzene rings is 2. The minimum absolute atomic E-state index is 0.153. The smallest absolute Gasteiger partial charge is 0.314 e. The fourth-order valence-electron chi connectivity index (χ4n) is 2.21. The monoisotopic (exact) mass is 346 g/mol. The van der Waals surface area contributed by atoms with Crippen LogP contribution < -0.4 is 15.4 Å². The number of halogens is 1. The maximum atomic E-state index is 11.7. The highest BCUT2D eigenvalue weighted by Crippen LogP contribution is 2.16. The molecule has 4 nitrogen and oxygen atoms in total. The number of amides is 2. The third-order valence-electron chi connectivity index (χ3n) is 3.57. The lowest BCUT2D eigenvalue weighted by molar-refractivity contribution is 0.239. The maximum Gasteiger partial charge on any atom is 0.314 e. The highest BCUT2D eigenvalue weighted by molar-refractivity contribution is 6.30. The van der Waals surface area contributed by atoms with Gasteiger partial charge in [0, 0.05) is 18.1 Å². The summed E-state index contributed by atoms with van der Waals surface area (Å²) in [6, 6.07) is 15.4. The van der Waals surface area contributed by atoms with Gasteiger partial charge in [0.1, 0.15) is 5.75 Å². The van der Waals surface area contributed by atoms with Crippen LogP contribution in [0.3, 0.4) is 0 Å². The molecule has 0 saturated carbocycles.